The van der Waals surface area contributed by atoms with Gasteiger partial charge in [0.25, 0.3) is 5.91 Å². The lowest BCUT2D eigenvalue weighted by molar-refractivity contribution is -0.138. The van der Waals surface area contributed by atoms with E-state index in [1.54, 1.807) is 0 Å². The van der Waals surface area contributed by atoms with Gasteiger partial charge in [-0.2, -0.15) is 13.2 Å². The summed E-state index contributed by atoms with van der Waals surface area (Å²) in [5.41, 5.74) is -0.255. The average Bonchev–Trinajstić information content (AvgIpc) is 2.52. The first-order chi connectivity index (χ1) is 10.8. The van der Waals surface area contributed by atoms with Crippen molar-refractivity contribution in [2.24, 2.45) is 0 Å². The molecule has 0 spiro atoms. The Morgan fingerprint density at radius 1 is 1.09 bits per heavy atom. The van der Waals surface area contributed by atoms with E-state index in [4.69, 9.17) is 0 Å². The summed E-state index contributed by atoms with van der Waals surface area (Å²) in [6, 6.07) is 13.1. The number of hydrogen-bond donors (Lipinski definition) is 0. The quantitative estimate of drug-likeness (QED) is 0.741. The van der Waals surface area contributed by atoms with Crippen LogP contribution in [0.2, 0.25) is 0 Å². The first kappa shape index (κ1) is 17.5. The van der Waals surface area contributed by atoms with Gasteiger partial charge in [-0.3, -0.25) is 4.79 Å². The second kappa shape index (κ2) is 7.17. The second-order valence-corrected chi connectivity index (χ2v) is 5.98. The Hall–Kier alpha value is -1.82. The van der Waals surface area contributed by atoms with Gasteiger partial charge in [-0.1, -0.05) is 36.4 Å². The molecule has 0 aliphatic carbocycles. The number of rotatable bonds is 4. The van der Waals surface area contributed by atoms with Gasteiger partial charge in [0, 0.05) is 18.1 Å². The molecule has 2 aromatic rings. The molecule has 0 aromatic heterocycles. The van der Waals surface area contributed by atoms with E-state index in [0.717, 1.165) is 11.6 Å². The highest BCUT2D eigenvalue weighted by molar-refractivity contribution is 9.10. The average molecular weight is 386 g/mol. The maximum absolute atomic E-state index is 13.1. The van der Waals surface area contributed by atoms with E-state index in [0.29, 0.717) is 13.0 Å². The van der Waals surface area contributed by atoms with Crippen molar-refractivity contribution in [3.8, 4) is 0 Å². The van der Waals surface area contributed by atoms with Gasteiger partial charge in [0.05, 0.1) is 11.1 Å². The highest BCUT2D eigenvalue weighted by Crippen LogP contribution is 2.35. The molecule has 0 saturated heterocycles. The van der Waals surface area contributed by atoms with Crippen LogP contribution in [0.3, 0.4) is 0 Å². The summed E-state index contributed by atoms with van der Waals surface area (Å²) in [6.45, 7) is 0.335. The first-order valence-corrected chi connectivity index (χ1v) is 7.75. The standard InChI is InChI=1S/C17H15BrF3NO/c1-22(11-10-12-6-3-2-4-7-12)16(23)15-13(17(19,20)21)8-5-9-14(15)18/h2-9H,10-11H2,1H3. The Morgan fingerprint density at radius 3 is 2.35 bits per heavy atom. The van der Waals surface area contributed by atoms with Crippen molar-refractivity contribution in [2.45, 2.75) is 12.6 Å². The third-order valence-electron chi connectivity index (χ3n) is 3.46. The number of hydrogen-bond acceptors (Lipinski definition) is 1. The number of halogens is 4. The molecule has 23 heavy (non-hydrogen) atoms. The van der Waals surface area contributed by atoms with Gasteiger partial charge < -0.3 is 4.90 Å². The van der Waals surface area contributed by atoms with Crippen LogP contribution in [0.4, 0.5) is 13.2 Å². The van der Waals surface area contributed by atoms with Crippen LogP contribution in [-0.2, 0) is 12.6 Å². The fraction of sp³-hybridized carbons (Fsp3) is 0.235. The molecule has 0 unspecified atom stereocenters. The third-order valence-corrected chi connectivity index (χ3v) is 4.12. The van der Waals surface area contributed by atoms with Crippen LogP contribution in [0.1, 0.15) is 21.5 Å². The summed E-state index contributed by atoms with van der Waals surface area (Å²) in [6.07, 6.45) is -4.00. The van der Waals surface area contributed by atoms with Gasteiger partial charge in [0.15, 0.2) is 0 Å². The normalized spacial score (nSPS) is 11.3. The summed E-state index contributed by atoms with van der Waals surface area (Å²) in [4.78, 5) is 13.8. The zero-order valence-corrected chi connectivity index (χ0v) is 14.0. The van der Waals surface area contributed by atoms with Crippen molar-refractivity contribution in [3.63, 3.8) is 0 Å². The van der Waals surface area contributed by atoms with Crippen molar-refractivity contribution in [1.82, 2.24) is 4.90 Å². The van der Waals surface area contributed by atoms with E-state index >= 15 is 0 Å². The molecule has 0 radical (unpaired) electrons. The molecule has 0 saturated carbocycles. The molecule has 2 aromatic carbocycles. The van der Waals surface area contributed by atoms with Crippen LogP contribution in [0, 0.1) is 0 Å². The molecular weight excluding hydrogens is 371 g/mol. The molecule has 6 heteroatoms. The molecule has 0 atom stereocenters. The zero-order chi connectivity index (χ0) is 17.0. The summed E-state index contributed by atoms with van der Waals surface area (Å²) in [5, 5.41) is 0. The van der Waals surface area contributed by atoms with E-state index in [9.17, 15) is 18.0 Å². The molecule has 0 heterocycles. The Balaban J connectivity index is 2.20. The highest BCUT2D eigenvalue weighted by Gasteiger charge is 2.36. The molecule has 0 fully saturated rings. The monoisotopic (exact) mass is 385 g/mol. The summed E-state index contributed by atoms with van der Waals surface area (Å²) < 4.78 is 39.5. The maximum Gasteiger partial charge on any atom is 0.417 e. The number of amides is 1. The van der Waals surface area contributed by atoms with Gasteiger partial charge in [0.2, 0.25) is 0 Å². The minimum absolute atomic E-state index is 0.142. The van der Waals surface area contributed by atoms with Crippen LogP contribution < -0.4 is 0 Å². The third kappa shape index (κ3) is 4.34. The van der Waals surface area contributed by atoms with Crippen molar-refractivity contribution < 1.29 is 18.0 Å². The van der Waals surface area contributed by atoms with Crippen molar-refractivity contribution in [2.75, 3.05) is 13.6 Å². The van der Waals surface area contributed by atoms with E-state index in [1.165, 1.54) is 24.1 Å². The van der Waals surface area contributed by atoms with Crippen LogP contribution in [-0.4, -0.2) is 24.4 Å². The topological polar surface area (TPSA) is 20.3 Å². The predicted molar refractivity (Wildman–Crippen MR) is 86.3 cm³/mol. The molecule has 1 amide bonds. The molecule has 2 rings (SSSR count). The van der Waals surface area contributed by atoms with Crippen molar-refractivity contribution in [3.05, 3.63) is 69.7 Å². The van der Waals surface area contributed by atoms with E-state index in [1.807, 2.05) is 30.3 Å². The lowest BCUT2D eigenvalue weighted by Crippen LogP contribution is -2.31. The largest absolute Gasteiger partial charge is 0.417 e. The minimum Gasteiger partial charge on any atom is -0.341 e. The van der Waals surface area contributed by atoms with E-state index < -0.39 is 17.6 Å². The van der Waals surface area contributed by atoms with Crippen LogP contribution >= 0.6 is 15.9 Å². The minimum atomic E-state index is -4.57. The Bertz CT molecular complexity index is 686. The molecule has 0 N–H and O–H groups in total. The number of carbonyl (C=O) groups excluding carboxylic acids is 1. The fourth-order valence-corrected chi connectivity index (χ4v) is 2.75. The molecule has 0 aliphatic rings. The highest BCUT2D eigenvalue weighted by atomic mass is 79.9. The van der Waals surface area contributed by atoms with Crippen molar-refractivity contribution >= 4 is 21.8 Å². The Labute approximate surface area is 141 Å². The zero-order valence-electron chi connectivity index (χ0n) is 12.4. The summed E-state index contributed by atoms with van der Waals surface area (Å²) in [7, 11) is 1.50. The van der Waals surface area contributed by atoms with Gasteiger partial charge in [-0.15, -0.1) is 0 Å². The van der Waals surface area contributed by atoms with Gasteiger partial charge in [-0.05, 0) is 40.0 Å². The summed E-state index contributed by atoms with van der Waals surface area (Å²) >= 11 is 3.06. The second-order valence-electron chi connectivity index (χ2n) is 5.12. The number of likely N-dealkylation sites (N-methyl/N-ethyl adjacent to an activating group) is 1. The SMILES string of the molecule is CN(CCc1ccccc1)C(=O)c1c(Br)cccc1C(F)(F)F. The lowest BCUT2D eigenvalue weighted by Gasteiger charge is -2.21. The lowest BCUT2D eigenvalue weighted by atomic mass is 10.1. The van der Waals surface area contributed by atoms with Crippen molar-refractivity contribution in [1.29, 1.82) is 0 Å². The fourth-order valence-electron chi connectivity index (χ4n) is 2.21. The molecule has 122 valence electrons. The predicted octanol–water partition coefficient (Wildman–Crippen LogP) is 4.78. The van der Waals surface area contributed by atoms with E-state index in [2.05, 4.69) is 15.9 Å². The Morgan fingerprint density at radius 2 is 1.74 bits per heavy atom. The van der Waals surface area contributed by atoms with Gasteiger partial charge in [0.1, 0.15) is 0 Å². The number of benzene rings is 2. The van der Waals surface area contributed by atoms with Gasteiger partial charge >= 0.3 is 6.18 Å². The number of carbonyl (C=O) groups is 1. The maximum atomic E-state index is 13.1. The molecule has 0 aliphatic heterocycles. The number of alkyl halides is 3. The Kier molecular flexibility index (Phi) is 5.46. The van der Waals surface area contributed by atoms with Crippen LogP contribution in [0.15, 0.2) is 53.0 Å². The smallest absolute Gasteiger partial charge is 0.341 e. The van der Waals surface area contributed by atoms with E-state index in [-0.39, 0.29) is 10.0 Å². The van der Waals surface area contributed by atoms with Crippen LogP contribution in [0.5, 0.6) is 0 Å². The first-order valence-electron chi connectivity index (χ1n) is 6.96. The molecular formula is C17H15BrF3NO. The molecule has 0 bridgehead atoms. The summed E-state index contributed by atoms with van der Waals surface area (Å²) in [5.74, 6) is -0.652. The number of nitrogens with zero attached hydrogens (tertiary/aromatic N) is 1. The van der Waals surface area contributed by atoms with Gasteiger partial charge in [-0.25, -0.2) is 0 Å². The van der Waals surface area contributed by atoms with Crippen LogP contribution in [0.25, 0.3) is 0 Å². The molecule has 2 nitrogen and oxygen atoms in total.